The summed E-state index contributed by atoms with van der Waals surface area (Å²) in [4.78, 5) is 9.11. The van der Waals surface area contributed by atoms with Crippen LogP contribution in [-0.4, -0.2) is 23.1 Å². The molecule has 0 radical (unpaired) electrons. The Bertz CT molecular complexity index is 414. The second-order valence-electron chi connectivity index (χ2n) is 4.12. The Morgan fingerprint density at radius 2 is 1.83 bits per heavy atom. The number of hydrazine groups is 1. The Hall–Kier alpha value is -1.57. The summed E-state index contributed by atoms with van der Waals surface area (Å²) in [5.41, 5.74) is 1.09. The van der Waals surface area contributed by atoms with E-state index in [9.17, 15) is 13.2 Å². The van der Waals surface area contributed by atoms with Crippen molar-refractivity contribution in [1.29, 1.82) is 0 Å². The third kappa shape index (κ3) is 2.81. The lowest BCUT2D eigenvalue weighted by molar-refractivity contribution is -0.141. The van der Waals surface area contributed by atoms with Crippen molar-refractivity contribution < 1.29 is 13.2 Å². The topological polar surface area (TPSA) is 67.1 Å². The van der Waals surface area contributed by atoms with E-state index in [4.69, 9.17) is 5.84 Å². The highest BCUT2D eigenvalue weighted by Crippen LogP contribution is 2.31. The van der Waals surface area contributed by atoms with Crippen molar-refractivity contribution in [1.82, 2.24) is 9.97 Å². The molecule has 0 atom stereocenters. The van der Waals surface area contributed by atoms with E-state index in [2.05, 4.69) is 15.4 Å². The summed E-state index contributed by atoms with van der Waals surface area (Å²) < 4.78 is 38.0. The number of alkyl halides is 3. The highest BCUT2D eigenvalue weighted by atomic mass is 19.4. The minimum absolute atomic E-state index is 0.217. The van der Waals surface area contributed by atoms with E-state index in [1.807, 2.05) is 4.90 Å². The summed E-state index contributed by atoms with van der Waals surface area (Å²) in [7, 11) is 0. The van der Waals surface area contributed by atoms with Gasteiger partial charge in [0.25, 0.3) is 0 Å². The molecule has 0 spiro atoms. The van der Waals surface area contributed by atoms with Crippen molar-refractivity contribution in [2.24, 2.45) is 5.84 Å². The summed E-state index contributed by atoms with van der Waals surface area (Å²) >= 11 is 0. The molecule has 1 aliphatic heterocycles. The third-order valence-corrected chi connectivity index (χ3v) is 2.81. The van der Waals surface area contributed by atoms with Crippen LogP contribution in [0.15, 0.2) is 6.07 Å². The normalized spacial score (nSPS) is 16.8. The van der Waals surface area contributed by atoms with Crippen LogP contribution in [-0.2, 0) is 6.18 Å². The SMILES string of the molecule is NNc1nc(N2CCCCC2)cc(C(F)(F)F)n1. The predicted octanol–water partition coefficient (Wildman–Crippen LogP) is 1.77. The molecule has 2 heterocycles. The van der Waals surface area contributed by atoms with Crippen molar-refractivity contribution in [3.63, 3.8) is 0 Å². The minimum Gasteiger partial charge on any atom is -0.356 e. The quantitative estimate of drug-likeness (QED) is 0.627. The highest BCUT2D eigenvalue weighted by Gasteiger charge is 2.34. The molecular weight excluding hydrogens is 247 g/mol. The van der Waals surface area contributed by atoms with E-state index in [0.717, 1.165) is 25.3 Å². The van der Waals surface area contributed by atoms with Crippen LogP contribution >= 0.6 is 0 Å². The molecule has 0 aliphatic carbocycles. The molecule has 5 nitrogen and oxygen atoms in total. The van der Waals surface area contributed by atoms with Gasteiger partial charge in [0.05, 0.1) is 0 Å². The van der Waals surface area contributed by atoms with Gasteiger partial charge in [-0.05, 0) is 19.3 Å². The zero-order chi connectivity index (χ0) is 13.2. The maximum atomic E-state index is 12.7. The maximum absolute atomic E-state index is 12.7. The molecule has 8 heteroatoms. The Balaban J connectivity index is 2.34. The minimum atomic E-state index is -4.50. The number of nitrogens with zero attached hydrogens (tertiary/aromatic N) is 3. The van der Waals surface area contributed by atoms with Gasteiger partial charge in [-0.15, -0.1) is 0 Å². The van der Waals surface area contributed by atoms with Gasteiger partial charge < -0.3 is 4.90 Å². The zero-order valence-corrected chi connectivity index (χ0v) is 9.67. The number of anilines is 2. The molecule has 2 rings (SSSR count). The summed E-state index contributed by atoms with van der Waals surface area (Å²) in [5.74, 6) is 5.15. The van der Waals surface area contributed by atoms with Crippen molar-refractivity contribution in [3.8, 4) is 0 Å². The predicted molar refractivity (Wildman–Crippen MR) is 60.9 cm³/mol. The second-order valence-corrected chi connectivity index (χ2v) is 4.12. The molecule has 1 aromatic heterocycles. The Morgan fingerprint density at radius 1 is 1.17 bits per heavy atom. The molecule has 0 bridgehead atoms. The molecule has 0 amide bonds. The number of halogens is 3. The fourth-order valence-corrected chi connectivity index (χ4v) is 1.93. The Labute approximate surface area is 102 Å². The van der Waals surface area contributed by atoms with Crippen LogP contribution in [0.5, 0.6) is 0 Å². The number of nitrogens with two attached hydrogens (primary N) is 1. The van der Waals surface area contributed by atoms with Gasteiger partial charge in [-0.1, -0.05) is 0 Å². The maximum Gasteiger partial charge on any atom is 0.433 e. The van der Waals surface area contributed by atoms with Gasteiger partial charge >= 0.3 is 6.18 Å². The van der Waals surface area contributed by atoms with E-state index in [-0.39, 0.29) is 11.8 Å². The van der Waals surface area contributed by atoms with Crippen LogP contribution < -0.4 is 16.2 Å². The molecule has 0 unspecified atom stereocenters. The Kier molecular flexibility index (Phi) is 3.55. The molecule has 0 saturated carbocycles. The third-order valence-electron chi connectivity index (χ3n) is 2.81. The van der Waals surface area contributed by atoms with Gasteiger partial charge in [0.2, 0.25) is 5.95 Å². The standard InChI is InChI=1S/C10H14F3N5/c11-10(12,13)7-6-8(16-9(15-7)17-14)18-4-2-1-3-5-18/h6H,1-5,14H2,(H,15,16,17). The first-order valence-electron chi connectivity index (χ1n) is 5.68. The van der Waals surface area contributed by atoms with Gasteiger partial charge in [-0.2, -0.15) is 18.2 Å². The fraction of sp³-hybridized carbons (Fsp3) is 0.600. The van der Waals surface area contributed by atoms with Gasteiger partial charge in [0.15, 0.2) is 5.69 Å². The molecule has 1 aliphatic rings. The van der Waals surface area contributed by atoms with E-state index < -0.39 is 11.9 Å². The summed E-state index contributed by atoms with van der Waals surface area (Å²) in [6.07, 6.45) is -1.50. The van der Waals surface area contributed by atoms with Crippen molar-refractivity contribution in [3.05, 3.63) is 11.8 Å². The van der Waals surface area contributed by atoms with Crippen molar-refractivity contribution in [2.45, 2.75) is 25.4 Å². The number of nitrogens with one attached hydrogen (secondary N) is 1. The first-order chi connectivity index (χ1) is 8.50. The van der Waals surface area contributed by atoms with E-state index in [1.165, 1.54) is 0 Å². The zero-order valence-electron chi connectivity index (χ0n) is 9.67. The molecule has 100 valence electrons. The molecule has 18 heavy (non-hydrogen) atoms. The number of rotatable bonds is 2. The van der Waals surface area contributed by atoms with Gasteiger partial charge in [-0.3, -0.25) is 5.43 Å². The average Bonchev–Trinajstić information content (AvgIpc) is 2.38. The molecular formula is C10H14F3N5. The first-order valence-corrected chi connectivity index (χ1v) is 5.68. The van der Waals surface area contributed by atoms with Crippen LogP contribution in [0.25, 0.3) is 0 Å². The Morgan fingerprint density at radius 3 is 2.39 bits per heavy atom. The highest BCUT2D eigenvalue weighted by molar-refractivity contribution is 5.45. The van der Waals surface area contributed by atoms with E-state index in [1.54, 1.807) is 0 Å². The summed E-state index contributed by atoms with van der Waals surface area (Å²) in [6, 6.07) is 0.964. The number of nitrogen functional groups attached to an aromatic ring is 1. The molecule has 1 saturated heterocycles. The van der Waals surface area contributed by atoms with Crippen molar-refractivity contribution >= 4 is 11.8 Å². The monoisotopic (exact) mass is 261 g/mol. The average molecular weight is 261 g/mol. The van der Waals surface area contributed by atoms with Crippen LogP contribution in [0, 0.1) is 0 Å². The largest absolute Gasteiger partial charge is 0.433 e. The van der Waals surface area contributed by atoms with E-state index >= 15 is 0 Å². The molecule has 1 fully saturated rings. The molecule has 0 aromatic carbocycles. The van der Waals surface area contributed by atoms with Crippen LogP contribution in [0.3, 0.4) is 0 Å². The molecule has 1 aromatic rings. The van der Waals surface area contributed by atoms with Gasteiger partial charge in [0, 0.05) is 19.2 Å². The van der Waals surface area contributed by atoms with Crippen molar-refractivity contribution in [2.75, 3.05) is 23.4 Å². The summed E-state index contributed by atoms with van der Waals surface area (Å²) in [5, 5.41) is 0. The number of hydrogen-bond acceptors (Lipinski definition) is 5. The number of piperidine rings is 1. The lowest BCUT2D eigenvalue weighted by atomic mass is 10.1. The van der Waals surface area contributed by atoms with Crippen LogP contribution in [0.1, 0.15) is 25.0 Å². The van der Waals surface area contributed by atoms with E-state index in [0.29, 0.717) is 13.1 Å². The smallest absolute Gasteiger partial charge is 0.356 e. The summed E-state index contributed by atoms with van der Waals surface area (Å²) in [6.45, 7) is 1.41. The fourth-order valence-electron chi connectivity index (χ4n) is 1.93. The number of aromatic nitrogens is 2. The van der Waals surface area contributed by atoms with Crippen LogP contribution in [0.2, 0.25) is 0 Å². The van der Waals surface area contributed by atoms with Gasteiger partial charge in [0.1, 0.15) is 5.82 Å². The second kappa shape index (κ2) is 4.97. The van der Waals surface area contributed by atoms with Crippen LogP contribution in [0.4, 0.5) is 24.9 Å². The lowest BCUT2D eigenvalue weighted by Crippen LogP contribution is -2.31. The lowest BCUT2D eigenvalue weighted by Gasteiger charge is -2.28. The first kappa shape index (κ1) is 12.9. The number of hydrogen-bond donors (Lipinski definition) is 2. The van der Waals surface area contributed by atoms with Gasteiger partial charge in [-0.25, -0.2) is 10.8 Å². The molecule has 3 N–H and O–H groups in total.